The predicted molar refractivity (Wildman–Crippen MR) is 96.6 cm³/mol. The van der Waals surface area contributed by atoms with Crippen LogP contribution in [0, 0.1) is 0 Å². The molecule has 0 bridgehead atoms. The number of carbonyl (C=O) groups is 1. The summed E-state index contributed by atoms with van der Waals surface area (Å²) in [6, 6.07) is 9.39. The highest BCUT2D eigenvalue weighted by molar-refractivity contribution is 7.53. The number of benzene rings is 1. The fourth-order valence-electron chi connectivity index (χ4n) is 2.69. The molecule has 1 aromatic carbocycles. The molecule has 6 nitrogen and oxygen atoms in total. The molecule has 1 aromatic rings. The van der Waals surface area contributed by atoms with E-state index in [1.807, 2.05) is 42.5 Å². The highest BCUT2D eigenvalue weighted by atomic mass is 31.2. The molecule has 0 aliphatic carbocycles. The zero-order valence-corrected chi connectivity index (χ0v) is 15.7. The van der Waals surface area contributed by atoms with Gasteiger partial charge in [0, 0.05) is 6.54 Å². The van der Waals surface area contributed by atoms with Crippen molar-refractivity contribution in [1.29, 1.82) is 0 Å². The van der Waals surface area contributed by atoms with Crippen molar-refractivity contribution in [2.24, 2.45) is 0 Å². The van der Waals surface area contributed by atoms with Gasteiger partial charge in [0.15, 0.2) is 0 Å². The van der Waals surface area contributed by atoms with Gasteiger partial charge in [0.1, 0.15) is 6.61 Å². The highest BCUT2D eigenvalue weighted by Crippen LogP contribution is 2.49. The molecule has 0 aromatic heterocycles. The van der Waals surface area contributed by atoms with E-state index < -0.39 is 7.60 Å². The van der Waals surface area contributed by atoms with Crippen LogP contribution in [-0.2, 0) is 25.0 Å². The van der Waals surface area contributed by atoms with Gasteiger partial charge in [0.25, 0.3) is 0 Å². The fourth-order valence-corrected chi connectivity index (χ4v) is 4.39. The maximum atomic E-state index is 12.6. The summed E-state index contributed by atoms with van der Waals surface area (Å²) in [4.78, 5) is 14.0. The number of ether oxygens (including phenoxy) is 1. The third kappa shape index (κ3) is 5.99. The van der Waals surface area contributed by atoms with Crippen molar-refractivity contribution in [3.05, 3.63) is 48.0 Å². The largest absolute Gasteiger partial charge is 0.445 e. The first-order chi connectivity index (χ1) is 12.1. The Morgan fingerprint density at radius 1 is 1.20 bits per heavy atom. The molecular formula is C18H26NO5P. The van der Waals surface area contributed by atoms with Crippen molar-refractivity contribution in [2.45, 2.75) is 32.9 Å². The van der Waals surface area contributed by atoms with E-state index in [0.717, 1.165) is 5.56 Å². The Morgan fingerprint density at radius 2 is 1.88 bits per heavy atom. The minimum Gasteiger partial charge on any atom is -0.445 e. The minimum absolute atomic E-state index is 0.155. The van der Waals surface area contributed by atoms with Crippen LogP contribution in [0.3, 0.4) is 0 Å². The van der Waals surface area contributed by atoms with E-state index in [4.69, 9.17) is 13.8 Å². The Kier molecular flexibility index (Phi) is 7.69. The summed E-state index contributed by atoms with van der Waals surface area (Å²) >= 11 is 0. The molecule has 7 heteroatoms. The van der Waals surface area contributed by atoms with Gasteiger partial charge in [0.05, 0.1) is 25.4 Å². The van der Waals surface area contributed by atoms with Gasteiger partial charge in [-0.1, -0.05) is 42.5 Å². The molecule has 1 amide bonds. The first kappa shape index (κ1) is 19.7. The van der Waals surface area contributed by atoms with Crippen molar-refractivity contribution in [3.8, 4) is 0 Å². The molecule has 0 fully saturated rings. The van der Waals surface area contributed by atoms with Crippen LogP contribution >= 0.6 is 7.60 Å². The van der Waals surface area contributed by atoms with Gasteiger partial charge >= 0.3 is 13.7 Å². The van der Waals surface area contributed by atoms with Crippen molar-refractivity contribution >= 4 is 13.7 Å². The predicted octanol–water partition coefficient (Wildman–Crippen LogP) is 4.22. The average molecular weight is 367 g/mol. The van der Waals surface area contributed by atoms with Gasteiger partial charge < -0.3 is 13.8 Å². The molecule has 0 saturated carbocycles. The molecule has 1 aliphatic heterocycles. The highest BCUT2D eigenvalue weighted by Gasteiger charge is 2.30. The number of rotatable bonds is 9. The van der Waals surface area contributed by atoms with E-state index in [1.54, 1.807) is 18.7 Å². The van der Waals surface area contributed by atoms with Crippen molar-refractivity contribution in [1.82, 2.24) is 4.90 Å². The Bertz CT molecular complexity index is 609. The molecule has 1 aliphatic rings. The lowest BCUT2D eigenvalue weighted by molar-refractivity contribution is 0.0941. The summed E-state index contributed by atoms with van der Waals surface area (Å²) < 4.78 is 28.5. The van der Waals surface area contributed by atoms with Crippen LogP contribution in [0.4, 0.5) is 4.79 Å². The standard InChI is InChI=1S/C18H26NO5P/c1-3-23-25(21,24-4-2)14-12-17-11-8-13-19(17)18(20)22-15-16-9-6-5-7-10-16/h5-11,17H,3-4,12-15H2,1-2H3. The number of hydrogen-bond donors (Lipinski definition) is 0. The Hall–Kier alpha value is -1.62. The van der Waals surface area contributed by atoms with Crippen LogP contribution in [0.1, 0.15) is 25.8 Å². The molecule has 138 valence electrons. The number of nitrogens with zero attached hydrogens (tertiary/aromatic N) is 1. The molecule has 0 radical (unpaired) electrons. The lowest BCUT2D eigenvalue weighted by atomic mass is 10.2. The van der Waals surface area contributed by atoms with Crippen molar-refractivity contribution in [2.75, 3.05) is 25.9 Å². The SMILES string of the molecule is CCOP(=O)(CCC1C=CCN1C(=O)OCc1ccccc1)OCC. The maximum absolute atomic E-state index is 12.6. The lowest BCUT2D eigenvalue weighted by Gasteiger charge is -2.25. The Balaban J connectivity index is 1.87. The number of carbonyl (C=O) groups excluding carboxylic acids is 1. The van der Waals surface area contributed by atoms with Gasteiger partial charge in [-0.2, -0.15) is 0 Å². The van der Waals surface area contributed by atoms with Gasteiger partial charge in [-0.25, -0.2) is 4.79 Å². The Labute approximate surface area is 149 Å². The van der Waals surface area contributed by atoms with E-state index in [0.29, 0.717) is 26.2 Å². The van der Waals surface area contributed by atoms with E-state index in [1.165, 1.54) is 0 Å². The number of amides is 1. The maximum Gasteiger partial charge on any atom is 0.410 e. The summed E-state index contributed by atoms with van der Waals surface area (Å²) in [6.07, 6.45) is 4.26. The molecule has 0 saturated heterocycles. The molecule has 1 heterocycles. The molecular weight excluding hydrogens is 341 g/mol. The first-order valence-corrected chi connectivity index (χ1v) is 10.3. The summed E-state index contributed by atoms with van der Waals surface area (Å²) in [5.41, 5.74) is 0.941. The van der Waals surface area contributed by atoms with E-state index in [-0.39, 0.29) is 24.9 Å². The summed E-state index contributed by atoms with van der Waals surface area (Å²) in [6.45, 7) is 4.97. The zero-order valence-electron chi connectivity index (χ0n) is 14.8. The van der Waals surface area contributed by atoms with Crippen LogP contribution in [0.15, 0.2) is 42.5 Å². The molecule has 1 atom stereocenters. The zero-order chi connectivity index (χ0) is 18.1. The lowest BCUT2D eigenvalue weighted by Crippen LogP contribution is -2.37. The van der Waals surface area contributed by atoms with Crippen LogP contribution in [-0.4, -0.2) is 43.0 Å². The minimum atomic E-state index is -3.10. The topological polar surface area (TPSA) is 65.1 Å². The van der Waals surface area contributed by atoms with Crippen LogP contribution in [0.5, 0.6) is 0 Å². The van der Waals surface area contributed by atoms with Crippen molar-refractivity contribution < 1.29 is 23.1 Å². The van der Waals surface area contributed by atoms with E-state index in [2.05, 4.69) is 0 Å². The third-order valence-corrected chi connectivity index (χ3v) is 5.96. The van der Waals surface area contributed by atoms with Crippen LogP contribution < -0.4 is 0 Å². The summed E-state index contributed by atoms with van der Waals surface area (Å²) in [5, 5.41) is 0. The summed E-state index contributed by atoms with van der Waals surface area (Å²) in [7, 11) is -3.10. The van der Waals surface area contributed by atoms with Gasteiger partial charge in [0.2, 0.25) is 0 Å². The Morgan fingerprint density at radius 3 is 2.52 bits per heavy atom. The van der Waals surface area contributed by atoms with Crippen molar-refractivity contribution in [3.63, 3.8) is 0 Å². The number of hydrogen-bond acceptors (Lipinski definition) is 5. The summed E-state index contributed by atoms with van der Waals surface area (Å²) in [5.74, 6) is 0. The molecule has 25 heavy (non-hydrogen) atoms. The first-order valence-electron chi connectivity index (χ1n) is 8.60. The second kappa shape index (κ2) is 9.76. The average Bonchev–Trinajstić information content (AvgIpc) is 3.08. The van der Waals surface area contributed by atoms with Gasteiger partial charge in [-0.15, -0.1) is 0 Å². The van der Waals surface area contributed by atoms with E-state index >= 15 is 0 Å². The second-order valence-corrected chi connectivity index (χ2v) is 7.83. The fraction of sp³-hybridized carbons (Fsp3) is 0.500. The monoisotopic (exact) mass is 367 g/mol. The molecule has 1 unspecified atom stereocenters. The van der Waals surface area contributed by atoms with Crippen LogP contribution in [0.25, 0.3) is 0 Å². The van der Waals surface area contributed by atoms with Gasteiger partial charge in [-0.3, -0.25) is 9.46 Å². The van der Waals surface area contributed by atoms with Crippen LogP contribution in [0.2, 0.25) is 0 Å². The smallest absolute Gasteiger partial charge is 0.410 e. The molecule has 0 spiro atoms. The van der Waals surface area contributed by atoms with Gasteiger partial charge in [-0.05, 0) is 25.8 Å². The molecule has 0 N–H and O–H groups in total. The molecule has 2 rings (SSSR count). The van der Waals surface area contributed by atoms with E-state index in [9.17, 15) is 9.36 Å². The normalized spacial score (nSPS) is 17.0. The second-order valence-electron chi connectivity index (χ2n) is 5.65. The quantitative estimate of drug-likeness (QED) is 0.483. The third-order valence-electron chi connectivity index (χ3n) is 3.85.